The van der Waals surface area contributed by atoms with E-state index >= 15 is 0 Å². The van der Waals surface area contributed by atoms with E-state index in [9.17, 15) is 4.79 Å². The number of hydrogen-bond donors (Lipinski definition) is 2. The molecule has 0 aromatic carbocycles. The van der Waals surface area contributed by atoms with Crippen molar-refractivity contribution in [3.8, 4) is 0 Å². The second-order valence-corrected chi connectivity index (χ2v) is 4.67. The number of nitrogens with two attached hydrogens (primary N) is 1. The second-order valence-electron chi connectivity index (χ2n) is 4.67. The van der Waals surface area contributed by atoms with Crippen molar-refractivity contribution in [2.24, 2.45) is 5.73 Å². The fraction of sp³-hybridized carbons (Fsp3) is 0.727. The summed E-state index contributed by atoms with van der Waals surface area (Å²) in [6.07, 6.45) is 4.55. The zero-order chi connectivity index (χ0) is 13.0. The zero-order valence-electron chi connectivity index (χ0n) is 10.3. The van der Waals surface area contributed by atoms with E-state index in [0.717, 1.165) is 26.2 Å². The van der Waals surface area contributed by atoms with Crippen LogP contribution in [0.3, 0.4) is 0 Å². The van der Waals surface area contributed by atoms with Gasteiger partial charge in [0, 0.05) is 19.2 Å². The lowest BCUT2D eigenvalue weighted by molar-refractivity contribution is -0.138. The average molecular weight is 253 g/mol. The summed E-state index contributed by atoms with van der Waals surface area (Å²) in [4.78, 5) is 13.0. The highest BCUT2D eigenvalue weighted by atomic mass is 16.4. The van der Waals surface area contributed by atoms with E-state index in [-0.39, 0.29) is 6.42 Å². The number of rotatable bonds is 6. The molecule has 2 rings (SSSR count). The molecule has 0 amide bonds. The second kappa shape index (κ2) is 5.92. The molecular weight excluding hydrogens is 234 g/mol. The Balaban J connectivity index is 1.80. The van der Waals surface area contributed by atoms with Crippen LogP contribution < -0.4 is 5.73 Å². The van der Waals surface area contributed by atoms with Crippen LogP contribution in [0.4, 0.5) is 0 Å². The Kier molecular flexibility index (Phi) is 4.27. The Morgan fingerprint density at radius 2 is 2.17 bits per heavy atom. The van der Waals surface area contributed by atoms with Crippen molar-refractivity contribution in [3.63, 3.8) is 0 Å². The molecule has 7 nitrogen and oxygen atoms in total. The topological polar surface area (TPSA) is 97.3 Å². The number of aromatic nitrogens is 3. The number of carboxylic acid groups (broad SMARTS) is 1. The summed E-state index contributed by atoms with van der Waals surface area (Å²) in [5.41, 5.74) is 6.08. The predicted octanol–water partition coefficient (Wildman–Crippen LogP) is -0.672. The Morgan fingerprint density at radius 1 is 1.44 bits per heavy atom. The number of likely N-dealkylation sites (tertiary alicyclic amines) is 1. The lowest BCUT2D eigenvalue weighted by Gasteiger charge is -2.13. The van der Waals surface area contributed by atoms with Crippen LogP contribution in [-0.4, -0.2) is 56.6 Å². The summed E-state index contributed by atoms with van der Waals surface area (Å²) in [6, 6.07) is -0.909. The van der Waals surface area contributed by atoms with Crippen LogP contribution in [0.15, 0.2) is 6.20 Å². The van der Waals surface area contributed by atoms with E-state index in [4.69, 9.17) is 10.8 Å². The quantitative estimate of drug-likeness (QED) is 0.697. The van der Waals surface area contributed by atoms with Gasteiger partial charge in [0.25, 0.3) is 0 Å². The highest BCUT2D eigenvalue weighted by Crippen LogP contribution is 2.07. The van der Waals surface area contributed by atoms with Gasteiger partial charge in [-0.25, -0.2) is 0 Å². The SMILES string of the molecule is NC(Cc1cn(CCN2CCCC2)nn1)C(=O)O. The van der Waals surface area contributed by atoms with Crippen LogP contribution in [0, 0.1) is 0 Å². The van der Waals surface area contributed by atoms with E-state index in [0.29, 0.717) is 5.69 Å². The smallest absolute Gasteiger partial charge is 0.320 e. The van der Waals surface area contributed by atoms with Crippen molar-refractivity contribution in [2.45, 2.75) is 31.8 Å². The first kappa shape index (κ1) is 13.0. The van der Waals surface area contributed by atoms with Gasteiger partial charge >= 0.3 is 5.97 Å². The maximum absolute atomic E-state index is 10.6. The molecule has 1 aliphatic heterocycles. The van der Waals surface area contributed by atoms with E-state index < -0.39 is 12.0 Å². The molecule has 0 bridgehead atoms. The minimum atomic E-state index is -1.01. The van der Waals surface area contributed by atoms with E-state index in [2.05, 4.69) is 15.2 Å². The third-order valence-electron chi connectivity index (χ3n) is 3.18. The molecule has 1 saturated heterocycles. The standard InChI is InChI=1S/C11H19N5O2/c12-10(11(17)18)7-9-8-16(14-13-9)6-5-15-3-1-2-4-15/h8,10H,1-7,12H2,(H,17,18). The Bertz CT molecular complexity index is 400. The van der Waals surface area contributed by atoms with E-state index in [1.165, 1.54) is 12.8 Å². The highest BCUT2D eigenvalue weighted by Gasteiger charge is 2.15. The molecule has 1 aromatic rings. The number of carboxylic acids is 1. The maximum atomic E-state index is 10.6. The fourth-order valence-corrected chi connectivity index (χ4v) is 2.10. The van der Waals surface area contributed by atoms with Crippen LogP contribution >= 0.6 is 0 Å². The van der Waals surface area contributed by atoms with Gasteiger partial charge in [-0.3, -0.25) is 9.48 Å². The fourth-order valence-electron chi connectivity index (χ4n) is 2.10. The molecule has 18 heavy (non-hydrogen) atoms. The Labute approximate surface area is 106 Å². The summed E-state index contributed by atoms with van der Waals surface area (Å²) in [7, 11) is 0. The van der Waals surface area contributed by atoms with Crippen molar-refractivity contribution < 1.29 is 9.90 Å². The largest absolute Gasteiger partial charge is 0.480 e. The van der Waals surface area contributed by atoms with Crippen molar-refractivity contribution >= 4 is 5.97 Å². The van der Waals surface area contributed by atoms with Gasteiger partial charge in [-0.05, 0) is 25.9 Å². The molecule has 0 aliphatic carbocycles. The van der Waals surface area contributed by atoms with Gasteiger partial charge < -0.3 is 15.7 Å². The summed E-state index contributed by atoms with van der Waals surface area (Å²) in [6.45, 7) is 4.07. The van der Waals surface area contributed by atoms with Gasteiger partial charge in [-0.15, -0.1) is 5.10 Å². The maximum Gasteiger partial charge on any atom is 0.320 e. The Hall–Kier alpha value is -1.47. The number of carbonyl (C=O) groups is 1. The first-order chi connectivity index (χ1) is 8.65. The summed E-state index contributed by atoms with van der Waals surface area (Å²) in [5, 5.41) is 16.6. The molecule has 1 atom stereocenters. The normalized spacial score (nSPS) is 18.1. The average Bonchev–Trinajstić information content (AvgIpc) is 2.96. The lowest BCUT2D eigenvalue weighted by atomic mass is 10.2. The lowest BCUT2D eigenvalue weighted by Crippen LogP contribution is -2.32. The van der Waals surface area contributed by atoms with E-state index in [1.807, 2.05) is 0 Å². The summed E-state index contributed by atoms with van der Waals surface area (Å²) < 4.78 is 1.75. The Morgan fingerprint density at radius 3 is 2.83 bits per heavy atom. The highest BCUT2D eigenvalue weighted by molar-refractivity contribution is 5.73. The molecule has 1 fully saturated rings. The molecule has 0 saturated carbocycles. The molecule has 7 heteroatoms. The molecule has 100 valence electrons. The van der Waals surface area contributed by atoms with Crippen molar-refractivity contribution in [2.75, 3.05) is 19.6 Å². The number of nitrogens with zero attached hydrogens (tertiary/aromatic N) is 4. The third-order valence-corrected chi connectivity index (χ3v) is 3.18. The molecule has 1 aromatic heterocycles. The monoisotopic (exact) mass is 253 g/mol. The van der Waals surface area contributed by atoms with Gasteiger partial charge in [-0.1, -0.05) is 5.21 Å². The van der Waals surface area contributed by atoms with Crippen LogP contribution in [0.1, 0.15) is 18.5 Å². The first-order valence-corrected chi connectivity index (χ1v) is 6.25. The van der Waals surface area contributed by atoms with Gasteiger partial charge in [0.2, 0.25) is 0 Å². The first-order valence-electron chi connectivity index (χ1n) is 6.25. The predicted molar refractivity (Wildman–Crippen MR) is 65.0 cm³/mol. The van der Waals surface area contributed by atoms with Crippen LogP contribution in [0.25, 0.3) is 0 Å². The molecule has 1 unspecified atom stereocenters. The van der Waals surface area contributed by atoms with Gasteiger partial charge in [0.05, 0.1) is 12.2 Å². The molecule has 0 spiro atoms. The zero-order valence-corrected chi connectivity index (χ0v) is 10.3. The van der Waals surface area contributed by atoms with Gasteiger partial charge in [0.15, 0.2) is 0 Å². The third kappa shape index (κ3) is 3.51. The van der Waals surface area contributed by atoms with Crippen molar-refractivity contribution in [1.82, 2.24) is 19.9 Å². The van der Waals surface area contributed by atoms with Crippen LogP contribution in [0.5, 0.6) is 0 Å². The van der Waals surface area contributed by atoms with Gasteiger partial charge in [-0.2, -0.15) is 0 Å². The van der Waals surface area contributed by atoms with Crippen molar-refractivity contribution in [1.29, 1.82) is 0 Å². The molecule has 1 aliphatic rings. The van der Waals surface area contributed by atoms with Crippen molar-refractivity contribution in [3.05, 3.63) is 11.9 Å². The van der Waals surface area contributed by atoms with Crippen LogP contribution in [-0.2, 0) is 17.8 Å². The van der Waals surface area contributed by atoms with Crippen LogP contribution in [0.2, 0.25) is 0 Å². The molecular formula is C11H19N5O2. The molecule has 3 N–H and O–H groups in total. The summed E-state index contributed by atoms with van der Waals surface area (Å²) in [5.74, 6) is -1.01. The minimum absolute atomic E-state index is 0.221. The molecule has 0 radical (unpaired) electrons. The van der Waals surface area contributed by atoms with Gasteiger partial charge in [0.1, 0.15) is 6.04 Å². The minimum Gasteiger partial charge on any atom is -0.480 e. The van der Waals surface area contributed by atoms with E-state index in [1.54, 1.807) is 10.9 Å². The summed E-state index contributed by atoms with van der Waals surface area (Å²) >= 11 is 0. The number of aliphatic carboxylic acids is 1. The number of hydrogen-bond acceptors (Lipinski definition) is 5. The molecule has 2 heterocycles.